The van der Waals surface area contributed by atoms with Crippen molar-refractivity contribution in [3.05, 3.63) is 29.8 Å². The largest absolute Gasteiger partial charge is 0.481 e. The Morgan fingerprint density at radius 2 is 2.06 bits per heavy atom. The predicted molar refractivity (Wildman–Crippen MR) is 49.5 cm³/mol. The van der Waals surface area contributed by atoms with Crippen LogP contribution in [0.5, 0.6) is 5.75 Å². The minimum atomic E-state index is -4.47. The van der Waals surface area contributed by atoms with Crippen molar-refractivity contribution in [1.82, 2.24) is 0 Å². The third-order valence-electron chi connectivity index (χ3n) is 1.85. The van der Waals surface area contributed by atoms with Gasteiger partial charge in [-0.1, -0.05) is 6.07 Å². The predicted octanol–water partition coefficient (Wildman–Crippen LogP) is 2.71. The molecule has 0 aromatic heterocycles. The Hall–Kier alpha value is -1.72. The highest BCUT2D eigenvalue weighted by Crippen LogP contribution is 2.25. The second kappa shape index (κ2) is 4.42. The average Bonchev–Trinajstić information content (AvgIpc) is 2.16. The number of hydrogen-bond acceptors (Lipinski definition) is 2. The molecule has 1 rings (SSSR count). The average molecular weight is 234 g/mol. The van der Waals surface area contributed by atoms with Crippen molar-refractivity contribution >= 4 is 5.97 Å². The van der Waals surface area contributed by atoms with Crippen LogP contribution < -0.4 is 4.74 Å². The lowest BCUT2D eigenvalue weighted by molar-refractivity contribution is -0.189. The van der Waals surface area contributed by atoms with Crippen molar-refractivity contribution < 1.29 is 27.8 Å². The number of halogens is 3. The normalized spacial score (nSPS) is 13.2. The first-order valence-electron chi connectivity index (χ1n) is 4.37. The molecule has 0 fully saturated rings. The molecule has 1 atom stereocenters. The number of hydrogen-bond donors (Lipinski definition) is 1. The van der Waals surface area contributed by atoms with Gasteiger partial charge in [-0.15, -0.1) is 0 Å². The summed E-state index contributed by atoms with van der Waals surface area (Å²) in [5.74, 6) is -1.34. The zero-order valence-corrected chi connectivity index (χ0v) is 8.28. The minimum Gasteiger partial charge on any atom is -0.481 e. The molecule has 6 heteroatoms. The molecule has 88 valence electrons. The number of rotatable bonds is 3. The number of ether oxygens (including phenoxy) is 1. The van der Waals surface area contributed by atoms with Crippen molar-refractivity contribution in [3.63, 3.8) is 0 Å². The molecule has 0 aliphatic carbocycles. The van der Waals surface area contributed by atoms with Gasteiger partial charge in [-0.3, -0.25) is 0 Å². The van der Waals surface area contributed by atoms with Gasteiger partial charge in [0.2, 0.25) is 0 Å². The van der Waals surface area contributed by atoms with E-state index < -0.39 is 18.2 Å². The third kappa shape index (κ3) is 3.15. The zero-order chi connectivity index (χ0) is 12.3. The summed E-state index contributed by atoms with van der Waals surface area (Å²) in [7, 11) is 0. The van der Waals surface area contributed by atoms with Crippen LogP contribution in [0.3, 0.4) is 0 Å². The van der Waals surface area contributed by atoms with E-state index in [1.165, 1.54) is 18.2 Å². The lowest BCUT2D eigenvalue weighted by atomic mass is 10.2. The molecule has 1 N–H and O–H groups in total. The maximum atomic E-state index is 12.2. The Kier molecular flexibility index (Phi) is 3.41. The number of carboxylic acids is 1. The lowest BCUT2D eigenvalue weighted by Crippen LogP contribution is -2.31. The van der Waals surface area contributed by atoms with Crippen LogP contribution in [0.4, 0.5) is 13.2 Å². The second-order valence-electron chi connectivity index (χ2n) is 3.13. The molecule has 0 spiro atoms. The van der Waals surface area contributed by atoms with Gasteiger partial charge in [-0.05, 0) is 25.1 Å². The second-order valence-corrected chi connectivity index (χ2v) is 3.13. The van der Waals surface area contributed by atoms with E-state index in [1.54, 1.807) is 0 Å². The summed E-state index contributed by atoms with van der Waals surface area (Å²) >= 11 is 0. The van der Waals surface area contributed by atoms with Crippen molar-refractivity contribution in [3.8, 4) is 5.75 Å². The molecule has 0 heterocycles. The summed E-state index contributed by atoms with van der Waals surface area (Å²) in [6.45, 7) is 0.855. The fraction of sp³-hybridized carbons (Fsp3) is 0.300. The number of alkyl halides is 3. The highest BCUT2D eigenvalue weighted by Gasteiger charge is 2.38. The summed E-state index contributed by atoms with van der Waals surface area (Å²) in [6.07, 6.45) is -6.45. The molecule has 3 nitrogen and oxygen atoms in total. The molecule has 16 heavy (non-hydrogen) atoms. The quantitative estimate of drug-likeness (QED) is 0.874. The molecule has 0 saturated carbocycles. The maximum absolute atomic E-state index is 12.2. The van der Waals surface area contributed by atoms with E-state index in [0.717, 1.165) is 13.0 Å². The van der Waals surface area contributed by atoms with Gasteiger partial charge in [0, 0.05) is 0 Å². The van der Waals surface area contributed by atoms with Crippen LogP contribution >= 0.6 is 0 Å². The molecule has 0 amide bonds. The Balaban J connectivity index is 2.82. The number of aromatic carboxylic acids is 1. The fourth-order valence-corrected chi connectivity index (χ4v) is 0.973. The van der Waals surface area contributed by atoms with Crippen LogP contribution in [0.2, 0.25) is 0 Å². The molecule has 0 saturated heterocycles. The topological polar surface area (TPSA) is 46.5 Å². The van der Waals surface area contributed by atoms with E-state index in [9.17, 15) is 18.0 Å². The summed E-state index contributed by atoms with van der Waals surface area (Å²) in [5, 5.41) is 8.63. The van der Waals surface area contributed by atoms with Gasteiger partial charge in [0.1, 0.15) is 5.75 Å². The van der Waals surface area contributed by atoms with Crippen LogP contribution in [0, 0.1) is 0 Å². The van der Waals surface area contributed by atoms with Crippen LogP contribution in [0.1, 0.15) is 17.3 Å². The fourth-order valence-electron chi connectivity index (χ4n) is 0.973. The molecule has 1 aromatic rings. The Bertz CT molecular complexity index is 387. The van der Waals surface area contributed by atoms with E-state index in [4.69, 9.17) is 5.11 Å². The first kappa shape index (κ1) is 12.4. The van der Waals surface area contributed by atoms with Crippen LogP contribution in [0.25, 0.3) is 0 Å². The molecular formula is C10H9F3O3. The summed E-state index contributed by atoms with van der Waals surface area (Å²) in [6, 6.07) is 4.91. The molecule has 0 radical (unpaired) electrons. The number of carbonyl (C=O) groups is 1. The first-order chi connectivity index (χ1) is 7.30. The van der Waals surface area contributed by atoms with E-state index >= 15 is 0 Å². The van der Waals surface area contributed by atoms with Gasteiger partial charge >= 0.3 is 12.1 Å². The molecule has 0 bridgehead atoms. The lowest BCUT2D eigenvalue weighted by Gasteiger charge is -2.17. The van der Waals surface area contributed by atoms with Crippen molar-refractivity contribution in [2.24, 2.45) is 0 Å². The molecule has 0 aliphatic rings. The molecule has 1 unspecified atom stereocenters. The standard InChI is InChI=1S/C10H9F3O3/c1-6(10(11,12)13)16-8-4-2-3-7(5-8)9(14)15/h2-6H,1H3,(H,14,15). The van der Waals surface area contributed by atoms with E-state index in [0.29, 0.717) is 0 Å². The Morgan fingerprint density at radius 3 is 2.56 bits per heavy atom. The van der Waals surface area contributed by atoms with Gasteiger partial charge in [0.25, 0.3) is 0 Å². The molecule has 1 aromatic carbocycles. The van der Waals surface area contributed by atoms with Crippen molar-refractivity contribution in [2.75, 3.05) is 0 Å². The monoisotopic (exact) mass is 234 g/mol. The number of benzene rings is 1. The molecular weight excluding hydrogens is 225 g/mol. The SMILES string of the molecule is CC(Oc1cccc(C(=O)O)c1)C(F)(F)F. The van der Waals surface area contributed by atoms with Gasteiger partial charge in [-0.2, -0.15) is 13.2 Å². The van der Waals surface area contributed by atoms with Gasteiger partial charge in [0.15, 0.2) is 6.10 Å². The number of carboxylic acid groups (broad SMARTS) is 1. The highest BCUT2D eigenvalue weighted by atomic mass is 19.4. The van der Waals surface area contributed by atoms with Gasteiger partial charge in [0.05, 0.1) is 5.56 Å². The maximum Gasteiger partial charge on any atom is 0.425 e. The summed E-state index contributed by atoms with van der Waals surface area (Å²) in [4.78, 5) is 10.6. The zero-order valence-electron chi connectivity index (χ0n) is 8.28. The summed E-state index contributed by atoms with van der Waals surface area (Å²) in [5.41, 5.74) is -0.119. The first-order valence-corrected chi connectivity index (χ1v) is 4.37. The highest BCUT2D eigenvalue weighted by molar-refractivity contribution is 5.87. The third-order valence-corrected chi connectivity index (χ3v) is 1.85. The van der Waals surface area contributed by atoms with Crippen molar-refractivity contribution in [1.29, 1.82) is 0 Å². The van der Waals surface area contributed by atoms with Crippen LogP contribution in [0.15, 0.2) is 24.3 Å². The molecule has 0 aliphatic heterocycles. The van der Waals surface area contributed by atoms with Gasteiger partial charge in [-0.25, -0.2) is 4.79 Å². The summed E-state index contributed by atoms with van der Waals surface area (Å²) < 4.78 is 41.0. The van der Waals surface area contributed by atoms with Crippen molar-refractivity contribution in [2.45, 2.75) is 19.2 Å². The smallest absolute Gasteiger partial charge is 0.425 e. The van der Waals surface area contributed by atoms with Gasteiger partial charge < -0.3 is 9.84 Å². The minimum absolute atomic E-state index is 0.119. The van der Waals surface area contributed by atoms with Crippen LogP contribution in [-0.4, -0.2) is 23.4 Å². The van der Waals surface area contributed by atoms with E-state index in [-0.39, 0.29) is 11.3 Å². The van der Waals surface area contributed by atoms with E-state index in [2.05, 4.69) is 4.74 Å². The Labute approximate surface area is 89.5 Å². The van der Waals surface area contributed by atoms with E-state index in [1.807, 2.05) is 0 Å². The Morgan fingerprint density at radius 1 is 1.44 bits per heavy atom. The van der Waals surface area contributed by atoms with Crippen LogP contribution in [-0.2, 0) is 0 Å².